The maximum Gasteiger partial charge on any atom is 0.237 e. The number of nitrogens with zero attached hydrogens (tertiary/aromatic N) is 5. The van der Waals surface area contributed by atoms with Gasteiger partial charge in [-0.2, -0.15) is 0 Å². The topological polar surface area (TPSA) is 73.1 Å². The number of aromatic nitrogens is 4. The number of methoxy groups -OCH3 is 1. The Balaban J connectivity index is 1.73. The predicted octanol–water partition coefficient (Wildman–Crippen LogP) is 1.29. The van der Waals surface area contributed by atoms with Crippen LogP contribution in [0.1, 0.15) is 12.0 Å². The smallest absolute Gasteiger partial charge is 0.237 e. The van der Waals surface area contributed by atoms with Crippen molar-refractivity contribution in [3.8, 4) is 5.75 Å². The minimum Gasteiger partial charge on any atom is -0.497 e. The molecule has 1 amide bonds. The molecule has 1 aromatic heterocycles. The van der Waals surface area contributed by atoms with Crippen LogP contribution in [0.3, 0.4) is 0 Å². The Morgan fingerprint density at radius 1 is 1.45 bits per heavy atom. The second kappa shape index (κ2) is 6.35. The van der Waals surface area contributed by atoms with Crippen molar-refractivity contribution in [1.82, 2.24) is 20.2 Å². The second-order valence-corrected chi connectivity index (χ2v) is 5.96. The third-order valence-electron chi connectivity index (χ3n) is 3.61. The molecule has 116 valence electrons. The summed E-state index contributed by atoms with van der Waals surface area (Å²) in [6.45, 7) is 0.746. The lowest BCUT2D eigenvalue weighted by Gasteiger charge is -2.29. The minimum atomic E-state index is 0.0686. The van der Waals surface area contributed by atoms with Gasteiger partial charge in [0.05, 0.1) is 12.9 Å². The van der Waals surface area contributed by atoms with Gasteiger partial charge in [0.25, 0.3) is 0 Å². The van der Waals surface area contributed by atoms with E-state index in [1.54, 1.807) is 18.8 Å². The number of thioether (sulfide) groups is 1. The molecular weight excluding hydrogens is 302 g/mol. The zero-order valence-electron chi connectivity index (χ0n) is 12.5. The summed E-state index contributed by atoms with van der Waals surface area (Å²) in [4.78, 5) is 14.4. The second-order valence-electron chi connectivity index (χ2n) is 5.02. The Morgan fingerprint density at radius 3 is 3.05 bits per heavy atom. The van der Waals surface area contributed by atoms with Crippen molar-refractivity contribution in [3.63, 3.8) is 0 Å². The summed E-state index contributed by atoms with van der Waals surface area (Å²) in [6, 6.07) is 5.86. The normalized spacial score (nSPS) is 13.8. The summed E-state index contributed by atoms with van der Waals surface area (Å²) in [5, 5.41) is 11.8. The summed E-state index contributed by atoms with van der Waals surface area (Å²) >= 11 is 1.35. The highest BCUT2D eigenvalue weighted by atomic mass is 32.2. The van der Waals surface area contributed by atoms with Crippen LogP contribution in [0.5, 0.6) is 5.75 Å². The summed E-state index contributed by atoms with van der Waals surface area (Å²) in [7, 11) is 3.41. The van der Waals surface area contributed by atoms with Gasteiger partial charge in [0.2, 0.25) is 11.1 Å². The largest absolute Gasteiger partial charge is 0.497 e. The molecule has 1 aliphatic heterocycles. The number of anilines is 1. The number of amides is 1. The molecule has 0 radical (unpaired) electrons. The molecule has 3 rings (SSSR count). The van der Waals surface area contributed by atoms with Crippen molar-refractivity contribution < 1.29 is 9.53 Å². The van der Waals surface area contributed by atoms with Crippen LogP contribution in [-0.2, 0) is 18.3 Å². The summed E-state index contributed by atoms with van der Waals surface area (Å²) < 4.78 is 6.82. The van der Waals surface area contributed by atoms with Gasteiger partial charge in [0, 0.05) is 19.3 Å². The Hall–Kier alpha value is -2.09. The molecule has 8 heteroatoms. The highest BCUT2D eigenvalue weighted by Gasteiger charge is 2.23. The van der Waals surface area contributed by atoms with Crippen LogP contribution in [0.4, 0.5) is 5.69 Å². The Bertz CT molecular complexity index is 688. The van der Waals surface area contributed by atoms with Gasteiger partial charge in [0.1, 0.15) is 5.75 Å². The van der Waals surface area contributed by atoms with Gasteiger partial charge in [-0.1, -0.05) is 11.8 Å². The fourth-order valence-electron chi connectivity index (χ4n) is 2.51. The van der Waals surface area contributed by atoms with E-state index in [0.29, 0.717) is 10.9 Å². The van der Waals surface area contributed by atoms with E-state index < -0.39 is 0 Å². The van der Waals surface area contributed by atoms with Crippen molar-refractivity contribution in [1.29, 1.82) is 0 Å². The standard InChI is InChI=1S/C14H17N5O2S/c1-18-14(15-16-17-18)22-9-13(20)19-7-3-4-10-8-11(21-2)5-6-12(10)19/h5-6,8H,3-4,7,9H2,1-2H3. The summed E-state index contributed by atoms with van der Waals surface area (Å²) in [5.74, 6) is 1.21. The number of carbonyl (C=O) groups is 1. The summed E-state index contributed by atoms with van der Waals surface area (Å²) in [5.41, 5.74) is 2.14. The molecule has 0 saturated carbocycles. The minimum absolute atomic E-state index is 0.0686. The first kappa shape index (κ1) is 14.8. The third-order valence-corrected chi connectivity index (χ3v) is 4.61. The van der Waals surface area contributed by atoms with Crippen LogP contribution in [0.15, 0.2) is 23.4 Å². The SMILES string of the molecule is COc1ccc2c(c1)CCCN2C(=O)CSc1nnnn1C. The van der Waals surface area contributed by atoms with Crippen molar-refractivity contribution in [2.45, 2.75) is 18.0 Å². The Morgan fingerprint density at radius 2 is 2.32 bits per heavy atom. The number of ether oxygens (including phenoxy) is 1. The van der Waals surface area contributed by atoms with E-state index in [9.17, 15) is 4.79 Å². The van der Waals surface area contributed by atoms with Gasteiger partial charge in [-0.15, -0.1) is 5.10 Å². The molecule has 22 heavy (non-hydrogen) atoms. The first-order valence-electron chi connectivity index (χ1n) is 7.01. The Labute approximate surface area is 132 Å². The molecule has 0 spiro atoms. The number of benzene rings is 1. The first-order valence-corrected chi connectivity index (χ1v) is 8.00. The zero-order valence-corrected chi connectivity index (χ0v) is 13.3. The number of tetrazole rings is 1. The average Bonchev–Trinajstić information content (AvgIpc) is 2.96. The Kier molecular flexibility index (Phi) is 4.28. The molecule has 0 unspecified atom stereocenters. The number of carbonyl (C=O) groups excluding carboxylic acids is 1. The molecule has 0 saturated heterocycles. The predicted molar refractivity (Wildman–Crippen MR) is 83.2 cm³/mol. The molecule has 2 heterocycles. The molecule has 0 N–H and O–H groups in total. The number of hydrogen-bond donors (Lipinski definition) is 0. The number of fused-ring (bicyclic) bond motifs is 1. The van der Waals surface area contributed by atoms with E-state index >= 15 is 0 Å². The van der Waals surface area contributed by atoms with Crippen molar-refractivity contribution in [2.75, 3.05) is 24.3 Å². The fraction of sp³-hybridized carbons (Fsp3) is 0.429. The van der Waals surface area contributed by atoms with Crippen LogP contribution in [0, 0.1) is 0 Å². The lowest BCUT2D eigenvalue weighted by Crippen LogP contribution is -2.36. The lowest BCUT2D eigenvalue weighted by molar-refractivity contribution is -0.116. The van der Waals surface area contributed by atoms with Gasteiger partial charge in [-0.05, 0) is 47.0 Å². The van der Waals surface area contributed by atoms with Crippen LogP contribution < -0.4 is 9.64 Å². The van der Waals surface area contributed by atoms with Crippen molar-refractivity contribution in [3.05, 3.63) is 23.8 Å². The summed E-state index contributed by atoms with van der Waals surface area (Å²) in [6.07, 6.45) is 1.93. The molecule has 2 aromatic rings. The van der Waals surface area contributed by atoms with Gasteiger partial charge in [0.15, 0.2) is 0 Å². The third kappa shape index (κ3) is 2.92. The van der Waals surface area contributed by atoms with Crippen LogP contribution in [0.2, 0.25) is 0 Å². The van der Waals surface area contributed by atoms with Crippen molar-refractivity contribution >= 4 is 23.4 Å². The van der Waals surface area contributed by atoms with E-state index in [4.69, 9.17) is 4.74 Å². The van der Waals surface area contributed by atoms with E-state index in [2.05, 4.69) is 15.5 Å². The average molecular weight is 319 g/mol. The van der Waals surface area contributed by atoms with Crippen LogP contribution in [0.25, 0.3) is 0 Å². The lowest BCUT2D eigenvalue weighted by atomic mass is 10.0. The molecule has 0 aliphatic carbocycles. The van der Waals surface area contributed by atoms with Gasteiger partial charge >= 0.3 is 0 Å². The van der Waals surface area contributed by atoms with E-state index in [0.717, 1.165) is 36.4 Å². The molecule has 1 aliphatic rings. The van der Waals surface area contributed by atoms with Gasteiger partial charge in [-0.3, -0.25) is 4.79 Å². The molecule has 0 fully saturated rings. The van der Waals surface area contributed by atoms with Crippen LogP contribution in [-0.4, -0.2) is 45.5 Å². The van der Waals surface area contributed by atoms with E-state index in [1.165, 1.54) is 11.8 Å². The zero-order chi connectivity index (χ0) is 15.5. The molecule has 0 bridgehead atoms. The monoisotopic (exact) mass is 319 g/mol. The van der Waals surface area contributed by atoms with Gasteiger partial charge < -0.3 is 9.64 Å². The highest BCUT2D eigenvalue weighted by Crippen LogP contribution is 2.31. The maximum absolute atomic E-state index is 12.5. The molecular formula is C14H17N5O2S. The highest BCUT2D eigenvalue weighted by molar-refractivity contribution is 7.99. The first-order chi connectivity index (χ1) is 10.7. The molecule has 1 aromatic carbocycles. The van der Waals surface area contributed by atoms with E-state index in [-0.39, 0.29) is 5.91 Å². The molecule has 0 atom stereocenters. The maximum atomic E-state index is 12.5. The molecule has 7 nitrogen and oxygen atoms in total. The number of aryl methyl sites for hydroxylation is 2. The number of hydrogen-bond acceptors (Lipinski definition) is 6. The van der Waals surface area contributed by atoms with E-state index in [1.807, 2.05) is 23.1 Å². The number of rotatable bonds is 4. The quantitative estimate of drug-likeness (QED) is 0.791. The van der Waals surface area contributed by atoms with Gasteiger partial charge in [-0.25, -0.2) is 4.68 Å². The van der Waals surface area contributed by atoms with Crippen molar-refractivity contribution in [2.24, 2.45) is 7.05 Å². The van der Waals surface area contributed by atoms with Crippen LogP contribution >= 0.6 is 11.8 Å². The fourth-order valence-corrected chi connectivity index (χ4v) is 3.23.